The Morgan fingerprint density at radius 3 is 2.53 bits per heavy atom. The largest absolute Gasteiger partial charge is 0.492 e. The lowest BCUT2D eigenvalue weighted by Crippen LogP contribution is -2.32. The molecule has 0 bridgehead atoms. The summed E-state index contributed by atoms with van der Waals surface area (Å²) in [6.07, 6.45) is 0. The smallest absolute Gasteiger partial charge is 0.119 e. The molecule has 1 unspecified atom stereocenters. The summed E-state index contributed by atoms with van der Waals surface area (Å²) < 4.78 is 10.6. The highest BCUT2D eigenvalue weighted by atomic mass is 16.5. The maximum Gasteiger partial charge on any atom is 0.119 e. The third-order valence-electron chi connectivity index (χ3n) is 2.72. The number of rotatable bonds is 6. The van der Waals surface area contributed by atoms with Crippen LogP contribution in [0.5, 0.6) is 5.75 Å². The number of benzene rings is 1. The summed E-state index contributed by atoms with van der Waals surface area (Å²) in [5.41, 5.74) is 8.43. The molecule has 0 amide bonds. The van der Waals surface area contributed by atoms with Gasteiger partial charge in [-0.05, 0) is 36.1 Å². The first kappa shape index (κ1) is 14.0. The zero-order chi connectivity index (χ0) is 12.8. The molecule has 0 aliphatic heterocycles. The van der Waals surface area contributed by atoms with Crippen LogP contribution in [-0.4, -0.2) is 26.4 Å². The molecule has 0 spiro atoms. The summed E-state index contributed by atoms with van der Waals surface area (Å²) in [5, 5.41) is 0. The second-order valence-electron chi connectivity index (χ2n) is 4.70. The van der Waals surface area contributed by atoms with Gasteiger partial charge in [-0.2, -0.15) is 0 Å². The Kier molecular flexibility index (Phi) is 5.45. The summed E-state index contributed by atoms with van der Waals surface area (Å²) in [5.74, 6) is 1.39. The third kappa shape index (κ3) is 4.36. The first-order valence-corrected chi connectivity index (χ1v) is 6.02. The van der Waals surface area contributed by atoms with Crippen molar-refractivity contribution >= 4 is 0 Å². The van der Waals surface area contributed by atoms with Crippen LogP contribution in [0.1, 0.15) is 30.9 Å². The normalized spacial score (nSPS) is 12.8. The van der Waals surface area contributed by atoms with Gasteiger partial charge in [0.25, 0.3) is 0 Å². The lowest BCUT2D eigenvalue weighted by Gasteiger charge is -2.15. The molecule has 0 saturated carbocycles. The lowest BCUT2D eigenvalue weighted by atomic mass is 9.98. The van der Waals surface area contributed by atoms with E-state index in [1.807, 2.05) is 6.07 Å². The summed E-state index contributed by atoms with van der Waals surface area (Å²) >= 11 is 0. The summed E-state index contributed by atoms with van der Waals surface area (Å²) in [6.45, 7) is 7.48. The van der Waals surface area contributed by atoms with Crippen LogP contribution in [0.25, 0.3) is 0 Å². The molecular formula is C14H23NO2. The fraction of sp³-hybridized carbons (Fsp3) is 0.571. The number of hydrogen-bond donors (Lipinski definition) is 1. The molecule has 0 aromatic heterocycles. The average molecular weight is 237 g/mol. The molecule has 1 aromatic carbocycles. The maximum absolute atomic E-state index is 5.81. The van der Waals surface area contributed by atoms with Gasteiger partial charge in [-0.1, -0.05) is 19.9 Å². The highest BCUT2D eigenvalue weighted by Gasteiger charge is 2.07. The fourth-order valence-corrected chi connectivity index (χ4v) is 1.80. The maximum atomic E-state index is 5.81. The minimum atomic E-state index is -0.0798. The van der Waals surface area contributed by atoms with Crippen LogP contribution in [0.15, 0.2) is 18.2 Å². The molecule has 0 aliphatic rings. The molecule has 17 heavy (non-hydrogen) atoms. The van der Waals surface area contributed by atoms with Gasteiger partial charge in [0.15, 0.2) is 0 Å². The topological polar surface area (TPSA) is 44.5 Å². The van der Waals surface area contributed by atoms with E-state index in [9.17, 15) is 0 Å². The molecule has 1 aromatic rings. The zero-order valence-electron chi connectivity index (χ0n) is 11.2. The van der Waals surface area contributed by atoms with Crippen molar-refractivity contribution in [2.45, 2.75) is 32.7 Å². The minimum Gasteiger partial charge on any atom is -0.492 e. The molecule has 3 heteroatoms. The highest BCUT2D eigenvalue weighted by Crippen LogP contribution is 2.24. The van der Waals surface area contributed by atoms with Crippen LogP contribution in [0.3, 0.4) is 0 Å². The highest BCUT2D eigenvalue weighted by molar-refractivity contribution is 5.36. The monoisotopic (exact) mass is 237 g/mol. The van der Waals surface area contributed by atoms with Gasteiger partial charge in [0.1, 0.15) is 12.4 Å². The van der Waals surface area contributed by atoms with Gasteiger partial charge in [-0.3, -0.25) is 0 Å². The van der Waals surface area contributed by atoms with Crippen LogP contribution < -0.4 is 10.5 Å². The van der Waals surface area contributed by atoms with Crippen LogP contribution in [0.2, 0.25) is 0 Å². The van der Waals surface area contributed by atoms with E-state index in [0.717, 1.165) is 5.75 Å². The van der Waals surface area contributed by atoms with Gasteiger partial charge in [0.05, 0.1) is 12.6 Å². The Labute approximate surface area is 104 Å². The van der Waals surface area contributed by atoms with E-state index in [-0.39, 0.29) is 6.04 Å². The van der Waals surface area contributed by atoms with Crippen molar-refractivity contribution in [2.24, 2.45) is 5.73 Å². The summed E-state index contributed by atoms with van der Waals surface area (Å²) in [4.78, 5) is 0. The predicted molar refractivity (Wildman–Crippen MR) is 70.6 cm³/mol. The number of methoxy groups -OCH3 is 1. The van der Waals surface area contributed by atoms with Gasteiger partial charge in [0, 0.05) is 7.11 Å². The van der Waals surface area contributed by atoms with Crippen molar-refractivity contribution in [1.82, 2.24) is 0 Å². The molecule has 0 fully saturated rings. The quantitative estimate of drug-likeness (QED) is 0.826. The van der Waals surface area contributed by atoms with Crippen molar-refractivity contribution < 1.29 is 9.47 Å². The molecule has 0 radical (unpaired) electrons. The van der Waals surface area contributed by atoms with Crippen molar-refractivity contribution in [3.63, 3.8) is 0 Å². The minimum absolute atomic E-state index is 0.0798. The van der Waals surface area contributed by atoms with Gasteiger partial charge >= 0.3 is 0 Å². The Morgan fingerprint density at radius 1 is 1.24 bits per heavy atom. The van der Waals surface area contributed by atoms with Gasteiger partial charge in [0.2, 0.25) is 0 Å². The first-order valence-electron chi connectivity index (χ1n) is 6.02. The molecule has 2 N–H and O–H groups in total. The number of aryl methyl sites for hydroxylation is 1. The van der Waals surface area contributed by atoms with Crippen molar-refractivity contribution in [2.75, 3.05) is 20.3 Å². The summed E-state index contributed by atoms with van der Waals surface area (Å²) in [7, 11) is 1.64. The average Bonchev–Trinajstić information content (AvgIpc) is 2.28. The molecule has 0 heterocycles. The Bertz CT molecular complexity index is 350. The molecule has 96 valence electrons. The van der Waals surface area contributed by atoms with Gasteiger partial charge in [-0.25, -0.2) is 0 Å². The van der Waals surface area contributed by atoms with Crippen molar-refractivity contribution in [1.29, 1.82) is 0 Å². The van der Waals surface area contributed by atoms with Crippen LogP contribution >= 0.6 is 0 Å². The van der Waals surface area contributed by atoms with Crippen molar-refractivity contribution in [3.8, 4) is 5.75 Å². The molecule has 1 rings (SSSR count). The first-order chi connectivity index (χ1) is 8.04. The van der Waals surface area contributed by atoms with Gasteiger partial charge < -0.3 is 15.2 Å². The van der Waals surface area contributed by atoms with Gasteiger partial charge in [-0.15, -0.1) is 0 Å². The van der Waals surface area contributed by atoms with E-state index in [4.69, 9.17) is 15.2 Å². The number of ether oxygens (including phenoxy) is 2. The second kappa shape index (κ2) is 6.62. The zero-order valence-corrected chi connectivity index (χ0v) is 11.2. The van der Waals surface area contributed by atoms with Crippen LogP contribution in [0, 0.1) is 6.92 Å². The van der Waals surface area contributed by atoms with E-state index >= 15 is 0 Å². The van der Waals surface area contributed by atoms with Crippen LogP contribution in [0.4, 0.5) is 0 Å². The van der Waals surface area contributed by atoms with E-state index in [1.165, 1.54) is 11.1 Å². The van der Waals surface area contributed by atoms with Crippen LogP contribution in [-0.2, 0) is 4.74 Å². The Hall–Kier alpha value is -1.06. The number of nitrogens with two attached hydrogens (primary N) is 1. The second-order valence-corrected chi connectivity index (χ2v) is 4.70. The molecule has 3 nitrogen and oxygen atoms in total. The summed E-state index contributed by atoms with van der Waals surface area (Å²) in [6, 6.07) is 6.09. The van der Waals surface area contributed by atoms with Crippen molar-refractivity contribution in [3.05, 3.63) is 29.3 Å². The lowest BCUT2D eigenvalue weighted by molar-refractivity contribution is 0.152. The standard InChI is InChI=1S/C14H23NO2/c1-10(2)14-7-13(6-5-11(14)3)17-9-12(15)8-16-4/h5-7,10,12H,8-9,15H2,1-4H3. The molecule has 0 saturated heterocycles. The third-order valence-corrected chi connectivity index (χ3v) is 2.72. The van der Waals surface area contributed by atoms with E-state index < -0.39 is 0 Å². The van der Waals surface area contributed by atoms with E-state index in [0.29, 0.717) is 19.1 Å². The molecular weight excluding hydrogens is 214 g/mol. The Morgan fingerprint density at radius 2 is 1.94 bits per heavy atom. The Balaban J connectivity index is 2.63. The fourth-order valence-electron chi connectivity index (χ4n) is 1.80. The van der Waals surface area contributed by atoms with E-state index in [2.05, 4.69) is 32.9 Å². The molecule has 0 aliphatic carbocycles. The molecule has 1 atom stereocenters. The van der Waals surface area contributed by atoms with E-state index in [1.54, 1.807) is 7.11 Å². The SMILES string of the molecule is COCC(N)COc1ccc(C)c(C(C)C)c1. The predicted octanol–water partition coefficient (Wildman–Crippen LogP) is 2.47. The number of hydrogen-bond acceptors (Lipinski definition) is 3.